The van der Waals surface area contributed by atoms with E-state index >= 15 is 0 Å². The maximum Gasteiger partial charge on any atom is 0.252 e. The lowest BCUT2D eigenvalue weighted by molar-refractivity contribution is 0.0939. The number of nitrogens with one attached hydrogen (secondary N) is 1. The molecule has 1 aliphatic rings. The van der Waals surface area contributed by atoms with Crippen molar-refractivity contribution in [2.45, 2.75) is 25.7 Å². The highest BCUT2D eigenvalue weighted by Crippen LogP contribution is 2.25. The summed E-state index contributed by atoms with van der Waals surface area (Å²) in [5.74, 6) is 6.39. The van der Waals surface area contributed by atoms with Gasteiger partial charge in [0.2, 0.25) is 0 Å². The third-order valence-electron chi connectivity index (χ3n) is 3.41. The van der Waals surface area contributed by atoms with Crippen molar-refractivity contribution >= 4 is 5.91 Å². The highest BCUT2D eigenvalue weighted by atomic mass is 16.2. The zero-order valence-electron chi connectivity index (χ0n) is 11.0. The van der Waals surface area contributed by atoms with E-state index < -0.39 is 0 Å². The van der Waals surface area contributed by atoms with Crippen LogP contribution in [0.25, 0.3) is 0 Å². The Balaban J connectivity index is 2.01. The van der Waals surface area contributed by atoms with Gasteiger partial charge in [-0.05, 0) is 30.9 Å². The van der Waals surface area contributed by atoms with Gasteiger partial charge < -0.3 is 10.4 Å². The molecule has 0 unspecified atom stereocenters. The van der Waals surface area contributed by atoms with Crippen LogP contribution >= 0.6 is 0 Å². The molecule has 0 heterocycles. The van der Waals surface area contributed by atoms with Gasteiger partial charge in [-0.15, -0.1) is 0 Å². The third-order valence-corrected chi connectivity index (χ3v) is 3.41. The lowest BCUT2D eigenvalue weighted by atomic mass is 9.85. The second-order valence-corrected chi connectivity index (χ2v) is 4.83. The Labute approximate surface area is 114 Å². The molecule has 1 saturated carbocycles. The molecule has 0 bridgehead atoms. The summed E-state index contributed by atoms with van der Waals surface area (Å²) in [6.45, 7) is 0.806. The minimum Gasteiger partial charge on any atom is -0.395 e. The average Bonchev–Trinajstić information content (AvgIpc) is 2.37. The van der Waals surface area contributed by atoms with Crippen LogP contribution in [0.5, 0.6) is 0 Å². The van der Waals surface area contributed by atoms with Crippen LogP contribution in [0.4, 0.5) is 0 Å². The zero-order chi connectivity index (χ0) is 13.5. The Morgan fingerprint density at radius 2 is 2.16 bits per heavy atom. The quantitative estimate of drug-likeness (QED) is 0.810. The smallest absolute Gasteiger partial charge is 0.252 e. The van der Waals surface area contributed by atoms with Gasteiger partial charge in [-0.1, -0.05) is 30.4 Å². The normalized spacial score (nSPS) is 14.2. The Morgan fingerprint density at radius 3 is 2.84 bits per heavy atom. The SMILES string of the molecule is O=C(NCC1CCC1)c1ccccc1C#CCCO. The van der Waals surface area contributed by atoms with Crippen LogP contribution in [0.15, 0.2) is 24.3 Å². The molecule has 0 spiro atoms. The third kappa shape index (κ3) is 3.84. The summed E-state index contributed by atoms with van der Waals surface area (Å²) in [7, 11) is 0. The van der Waals surface area contributed by atoms with Crippen LogP contribution in [0.1, 0.15) is 41.6 Å². The average molecular weight is 257 g/mol. The van der Waals surface area contributed by atoms with Gasteiger partial charge >= 0.3 is 0 Å². The topological polar surface area (TPSA) is 49.3 Å². The van der Waals surface area contributed by atoms with Crippen LogP contribution in [0.3, 0.4) is 0 Å². The molecule has 1 aliphatic carbocycles. The van der Waals surface area contributed by atoms with E-state index in [0.29, 0.717) is 17.9 Å². The van der Waals surface area contributed by atoms with Gasteiger partial charge in [0.25, 0.3) is 5.91 Å². The minimum absolute atomic E-state index is 0.0447. The number of carbonyl (C=O) groups is 1. The van der Waals surface area contributed by atoms with E-state index in [4.69, 9.17) is 5.11 Å². The van der Waals surface area contributed by atoms with Crippen molar-refractivity contribution in [2.75, 3.05) is 13.2 Å². The summed E-state index contributed by atoms with van der Waals surface area (Å²) in [5.41, 5.74) is 1.34. The number of carbonyl (C=O) groups excluding carboxylic acids is 1. The molecule has 0 atom stereocenters. The number of aliphatic hydroxyl groups is 1. The second-order valence-electron chi connectivity index (χ2n) is 4.83. The highest BCUT2D eigenvalue weighted by Gasteiger charge is 2.18. The van der Waals surface area contributed by atoms with Gasteiger partial charge in [0, 0.05) is 18.5 Å². The Bertz CT molecular complexity index is 495. The van der Waals surface area contributed by atoms with Crippen molar-refractivity contribution in [3.63, 3.8) is 0 Å². The number of hydrogen-bond donors (Lipinski definition) is 2. The monoisotopic (exact) mass is 257 g/mol. The van der Waals surface area contributed by atoms with Gasteiger partial charge in [0.1, 0.15) is 0 Å². The standard InChI is InChI=1S/C16H19NO2/c18-11-4-3-9-14-8-1-2-10-15(14)16(19)17-12-13-6-5-7-13/h1-2,8,10,13,18H,4-7,11-12H2,(H,17,19). The molecule has 100 valence electrons. The van der Waals surface area contributed by atoms with Crippen LogP contribution < -0.4 is 5.32 Å². The van der Waals surface area contributed by atoms with Gasteiger partial charge in [-0.25, -0.2) is 0 Å². The summed E-state index contributed by atoms with van der Waals surface area (Å²) in [6.07, 6.45) is 4.15. The first-order valence-electron chi connectivity index (χ1n) is 6.78. The van der Waals surface area contributed by atoms with Gasteiger partial charge in [-0.2, -0.15) is 0 Å². The first-order chi connectivity index (χ1) is 9.31. The van der Waals surface area contributed by atoms with Crippen molar-refractivity contribution < 1.29 is 9.90 Å². The van der Waals surface area contributed by atoms with Crippen LogP contribution in [0.2, 0.25) is 0 Å². The molecular weight excluding hydrogens is 238 g/mol. The fourth-order valence-corrected chi connectivity index (χ4v) is 2.03. The maximum atomic E-state index is 12.1. The Kier molecular flexibility index (Phi) is 5.00. The van der Waals surface area contributed by atoms with E-state index in [1.54, 1.807) is 6.07 Å². The minimum atomic E-state index is -0.0548. The van der Waals surface area contributed by atoms with Crippen LogP contribution in [-0.4, -0.2) is 24.2 Å². The first kappa shape index (κ1) is 13.6. The molecule has 2 N–H and O–H groups in total. The molecule has 1 aromatic carbocycles. The van der Waals surface area contributed by atoms with Crippen molar-refractivity contribution in [1.82, 2.24) is 5.32 Å². The highest BCUT2D eigenvalue weighted by molar-refractivity contribution is 5.96. The van der Waals surface area contributed by atoms with E-state index in [1.807, 2.05) is 18.2 Å². The molecule has 0 radical (unpaired) electrons. The van der Waals surface area contributed by atoms with Crippen LogP contribution in [-0.2, 0) is 0 Å². The lowest BCUT2D eigenvalue weighted by Gasteiger charge is -2.25. The summed E-state index contributed by atoms with van der Waals surface area (Å²) < 4.78 is 0. The predicted octanol–water partition coefficient (Wildman–Crippen LogP) is 1.95. The van der Waals surface area contributed by atoms with E-state index in [0.717, 1.165) is 12.1 Å². The molecule has 19 heavy (non-hydrogen) atoms. The van der Waals surface area contributed by atoms with E-state index in [1.165, 1.54) is 19.3 Å². The van der Waals surface area contributed by atoms with E-state index in [9.17, 15) is 4.79 Å². The summed E-state index contributed by atoms with van der Waals surface area (Å²) >= 11 is 0. The predicted molar refractivity (Wildman–Crippen MR) is 74.7 cm³/mol. The second kappa shape index (κ2) is 6.96. The fourth-order valence-electron chi connectivity index (χ4n) is 2.03. The van der Waals surface area contributed by atoms with E-state index in [-0.39, 0.29) is 12.5 Å². The number of benzene rings is 1. The molecular formula is C16H19NO2. The largest absolute Gasteiger partial charge is 0.395 e. The Morgan fingerprint density at radius 1 is 1.37 bits per heavy atom. The number of aliphatic hydroxyl groups excluding tert-OH is 1. The van der Waals surface area contributed by atoms with Gasteiger partial charge in [0.15, 0.2) is 0 Å². The van der Waals surface area contributed by atoms with Crippen molar-refractivity contribution in [2.24, 2.45) is 5.92 Å². The molecule has 2 rings (SSSR count). The van der Waals surface area contributed by atoms with Crippen molar-refractivity contribution in [3.05, 3.63) is 35.4 Å². The van der Waals surface area contributed by atoms with Crippen molar-refractivity contribution in [3.8, 4) is 11.8 Å². The summed E-state index contributed by atoms with van der Waals surface area (Å²) in [4.78, 5) is 12.1. The van der Waals surface area contributed by atoms with E-state index in [2.05, 4.69) is 17.2 Å². The molecule has 0 aliphatic heterocycles. The number of rotatable bonds is 4. The number of hydrogen-bond acceptors (Lipinski definition) is 2. The summed E-state index contributed by atoms with van der Waals surface area (Å²) in [5, 5.41) is 11.7. The zero-order valence-corrected chi connectivity index (χ0v) is 11.0. The van der Waals surface area contributed by atoms with Gasteiger partial charge in [0.05, 0.1) is 12.2 Å². The van der Waals surface area contributed by atoms with Crippen molar-refractivity contribution in [1.29, 1.82) is 0 Å². The molecule has 3 nitrogen and oxygen atoms in total. The molecule has 1 fully saturated rings. The van der Waals surface area contributed by atoms with Gasteiger partial charge in [-0.3, -0.25) is 4.79 Å². The molecule has 0 saturated heterocycles. The lowest BCUT2D eigenvalue weighted by Crippen LogP contribution is -2.32. The maximum absolute atomic E-state index is 12.1. The molecule has 3 heteroatoms. The molecule has 0 aromatic heterocycles. The number of amides is 1. The fraction of sp³-hybridized carbons (Fsp3) is 0.438. The first-order valence-corrected chi connectivity index (χ1v) is 6.78. The molecule has 1 aromatic rings. The Hall–Kier alpha value is -1.79. The summed E-state index contributed by atoms with van der Waals surface area (Å²) in [6, 6.07) is 7.34. The molecule has 1 amide bonds. The van der Waals surface area contributed by atoms with Crippen LogP contribution in [0, 0.1) is 17.8 Å².